The van der Waals surface area contributed by atoms with Crippen molar-refractivity contribution in [3.63, 3.8) is 0 Å². The van der Waals surface area contributed by atoms with E-state index < -0.39 is 0 Å². The second-order valence-corrected chi connectivity index (χ2v) is 4.25. The number of halogens is 3. The fourth-order valence-corrected chi connectivity index (χ4v) is 1.88. The van der Waals surface area contributed by atoms with Gasteiger partial charge in [-0.3, -0.25) is 0 Å². The predicted octanol–water partition coefficient (Wildman–Crippen LogP) is 5.11. The molecule has 0 amide bonds. The van der Waals surface area contributed by atoms with Crippen LogP contribution in [0.15, 0.2) is 36.4 Å². The first-order valence-corrected chi connectivity index (χ1v) is 5.43. The van der Waals surface area contributed by atoms with Crippen LogP contribution in [0.5, 0.6) is 0 Å². The van der Waals surface area contributed by atoms with Crippen molar-refractivity contribution < 1.29 is 0 Å². The summed E-state index contributed by atoms with van der Waals surface area (Å²) in [7, 11) is 0. The standard InChI is InChI=1S/C12H6Cl3/c13-9-4-1-3-8(7-9)10-5-2-6-11(14)12(10)15/h1-4,6-7H. The molecule has 1 radical (unpaired) electrons. The zero-order valence-corrected chi connectivity index (χ0v) is 9.87. The quantitative estimate of drug-likeness (QED) is 0.665. The van der Waals surface area contributed by atoms with E-state index in [-0.39, 0.29) is 0 Å². The Hall–Kier alpha value is -0.690. The van der Waals surface area contributed by atoms with E-state index in [4.69, 9.17) is 34.8 Å². The van der Waals surface area contributed by atoms with E-state index in [1.807, 2.05) is 24.3 Å². The third kappa shape index (κ3) is 2.28. The minimum Gasteiger partial charge on any atom is -0.0843 e. The van der Waals surface area contributed by atoms with Gasteiger partial charge in [-0.15, -0.1) is 0 Å². The van der Waals surface area contributed by atoms with Crippen molar-refractivity contribution in [3.05, 3.63) is 57.5 Å². The fraction of sp³-hybridized carbons (Fsp3) is 0. The van der Waals surface area contributed by atoms with Gasteiger partial charge < -0.3 is 0 Å². The molecule has 75 valence electrons. The van der Waals surface area contributed by atoms with Gasteiger partial charge in [0.1, 0.15) is 0 Å². The van der Waals surface area contributed by atoms with E-state index >= 15 is 0 Å². The molecule has 0 unspecified atom stereocenters. The van der Waals surface area contributed by atoms with E-state index in [1.54, 1.807) is 12.1 Å². The summed E-state index contributed by atoms with van der Waals surface area (Å²) in [5.74, 6) is 0. The molecule has 0 aliphatic heterocycles. The Bertz CT molecular complexity index is 492. The number of rotatable bonds is 1. The van der Waals surface area contributed by atoms with Crippen LogP contribution in [0.2, 0.25) is 15.1 Å². The molecule has 0 spiro atoms. The Balaban J connectivity index is 2.59. The van der Waals surface area contributed by atoms with Gasteiger partial charge in [0.25, 0.3) is 0 Å². The molecule has 0 aromatic heterocycles. The summed E-state index contributed by atoms with van der Waals surface area (Å²) in [4.78, 5) is 0. The average molecular weight is 257 g/mol. The van der Waals surface area contributed by atoms with Crippen LogP contribution < -0.4 is 0 Å². The monoisotopic (exact) mass is 255 g/mol. The van der Waals surface area contributed by atoms with Gasteiger partial charge in [0.2, 0.25) is 0 Å². The van der Waals surface area contributed by atoms with Crippen LogP contribution in [-0.4, -0.2) is 0 Å². The highest BCUT2D eigenvalue weighted by Crippen LogP contribution is 2.33. The van der Waals surface area contributed by atoms with E-state index in [0.29, 0.717) is 15.1 Å². The van der Waals surface area contributed by atoms with Crippen LogP contribution in [0.1, 0.15) is 0 Å². The lowest BCUT2D eigenvalue weighted by Gasteiger charge is -2.05. The maximum absolute atomic E-state index is 6.07. The highest BCUT2D eigenvalue weighted by molar-refractivity contribution is 6.43. The Kier molecular flexibility index (Phi) is 3.20. The minimum atomic E-state index is 0.501. The molecule has 0 N–H and O–H groups in total. The SMILES string of the molecule is Clc1cccc(-c2[c]ccc(Cl)c2Cl)c1. The van der Waals surface area contributed by atoms with Crippen LogP contribution in [0.4, 0.5) is 0 Å². The van der Waals surface area contributed by atoms with Gasteiger partial charge in [0.05, 0.1) is 10.0 Å². The van der Waals surface area contributed by atoms with Crippen molar-refractivity contribution in [2.45, 2.75) is 0 Å². The van der Waals surface area contributed by atoms with Crippen LogP contribution in [0.25, 0.3) is 11.1 Å². The molecule has 2 rings (SSSR count). The van der Waals surface area contributed by atoms with Crippen molar-refractivity contribution >= 4 is 34.8 Å². The normalized spacial score (nSPS) is 10.3. The zero-order valence-electron chi connectivity index (χ0n) is 7.60. The maximum atomic E-state index is 6.07. The van der Waals surface area contributed by atoms with Crippen molar-refractivity contribution in [1.29, 1.82) is 0 Å². The molecule has 0 heterocycles. The molecule has 0 saturated heterocycles. The predicted molar refractivity (Wildman–Crippen MR) is 65.7 cm³/mol. The second-order valence-electron chi connectivity index (χ2n) is 3.02. The lowest BCUT2D eigenvalue weighted by molar-refractivity contribution is 1.61. The summed E-state index contributed by atoms with van der Waals surface area (Å²) in [6, 6.07) is 13.9. The largest absolute Gasteiger partial charge is 0.0843 e. The van der Waals surface area contributed by atoms with Gasteiger partial charge in [-0.25, -0.2) is 0 Å². The van der Waals surface area contributed by atoms with E-state index in [9.17, 15) is 0 Å². The molecule has 0 fully saturated rings. The molecule has 0 atom stereocenters. The highest BCUT2D eigenvalue weighted by atomic mass is 35.5. The summed E-state index contributed by atoms with van der Waals surface area (Å²) in [6.45, 7) is 0. The Labute approximate surface area is 103 Å². The topological polar surface area (TPSA) is 0 Å². The molecule has 0 bridgehead atoms. The molecule has 15 heavy (non-hydrogen) atoms. The van der Waals surface area contributed by atoms with E-state index in [2.05, 4.69) is 6.07 Å². The molecule has 2 aromatic rings. The minimum absolute atomic E-state index is 0.501. The third-order valence-electron chi connectivity index (χ3n) is 2.00. The zero-order chi connectivity index (χ0) is 10.8. The molecular formula is C12H6Cl3. The number of hydrogen-bond acceptors (Lipinski definition) is 0. The number of benzene rings is 2. The molecule has 0 saturated carbocycles. The molecule has 3 heteroatoms. The molecule has 0 nitrogen and oxygen atoms in total. The second kappa shape index (κ2) is 4.44. The van der Waals surface area contributed by atoms with Gasteiger partial charge >= 0.3 is 0 Å². The van der Waals surface area contributed by atoms with Gasteiger partial charge in [0, 0.05) is 10.6 Å². The summed E-state index contributed by atoms with van der Waals surface area (Å²) in [5.41, 5.74) is 1.68. The number of hydrogen-bond donors (Lipinski definition) is 0. The van der Waals surface area contributed by atoms with Crippen LogP contribution in [0.3, 0.4) is 0 Å². The van der Waals surface area contributed by atoms with Crippen LogP contribution >= 0.6 is 34.8 Å². The van der Waals surface area contributed by atoms with E-state index in [0.717, 1.165) is 11.1 Å². The Morgan fingerprint density at radius 3 is 2.53 bits per heavy atom. The highest BCUT2D eigenvalue weighted by Gasteiger charge is 2.06. The lowest BCUT2D eigenvalue weighted by Crippen LogP contribution is -1.80. The summed E-state index contributed by atoms with van der Waals surface area (Å²) < 4.78 is 0. The lowest BCUT2D eigenvalue weighted by atomic mass is 10.1. The third-order valence-corrected chi connectivity index (χ3v) is 3.04. The molecule has 0 aliphatic rings. The maximum Gasteiger partial charge on any atom is 0.0676 e. The first-order valence-electron chi connectivity index (χ1n) is 4.30. The average Bonchev–Trinajstić information content (AvgIpc) is 2.22. The Morgan fingerprint density at radius 2 is 1.80 bits per heavy atom. The smallest absolute Gasteiger partial charge is 0.0676 e. The first-order chi connectivity index (χ1) is 7.18. The van der Waals surface area contributed by atoms with Gasteiger partial charge in [0.15, 0.2) is 0 Å². The first kappa shape index (κ1) is 10.8. The summed E-state index contributed by atoms with van der Waals surface area (Å²) in [5, 5.41) is 1.68. The van der Waals surface area contributed by atoms with Crippen LogP contribution in [-0.2, 0) is 0 Å². The fourth-order valence-electron chi connectivity index (χ4n) is 1.31. The molecular weight excluding hydrogens is 250 g/mol. The van der Waals surface area contributed by atoms with E-state index in [1.165, 1.54) is 0 Å². The van der Waals surface area contributed by atoms with Gasteiger partial charge in [-0.1, -0.05) is 53.0 Å². The van der Waals surface area contributed by atoms with Crippen LogP contribution in [0, 0.1) is 6.07 Å². The van der Waals surface area contributed by atoms with Gasteiger partial charge in [-0.2, -0.15) is 0 Å². The van der Waals surface area contributed by atoms with Crippen molar-refractivity contribution in [2.75, 3.05) is 0 Å². The Morgan fingerprint density at radius 1 is 1.00 bits per heavy atom. The van der Waals surface area contributed by atoms with Crippen molar-refractivity contribution in [2.24, 2.45) is 0 Å². The molecule has 2 aromatic carbocycles. The molecule has 0 aliphatic carbocycles. The summed E-state index contributed by atoms with van der Waals surface area (Å²) >= 11 is 17.9. The van der Waals surface area contributed by atoms with Gasteiger partial charge in [-0.05, 0) is 29.8 Å². The summed E-state index contributed by atoms with van der Waals surface area (Å²) in [6.07, 6.45) is 0. The van der Waals surface area contributed by atoms with Crippen molar-refractivity contribution in [3.8, 4) is 11.1 Å². The van der Waals surface area contributed by atoms with Crippen molar-refractivity contribution in [1.82, 2.24) is 0 Å².